The van der Waals surface area contributed by atoms with Crippen LogP contribution in [0.1, 0.15) is 16.8 Å². The molecule has 0 radical (unpaired) electrons. The van der Waals surface area contributed by atoms with Crippen LogP contribution in [0.4, 0.5) is 0 Å². The maximum absolute atomic E-state index is 11.9. The Bertz CT molecular complexity index is 403. The van der Waals surface area contributed by atoms with Crippen LogP contribution in [0, 0.1) is 5.92 Å². The van der Waals surface area contributed by atoms with E-state index in [0.717, 1.165) is 6.42 Å². The van der Waals surface area contributed by atoms with Crippen molar-refractivity contribution in [3.05, 3.63) is 35.9 Å². The Kier molecular flexibility index (Phi) is 2.82. The minimum Gasteiger partial charge on any atom is -0.456 e. The molecule has 2 aliphatic heterocycles. The fraction of sp³-hybridized carbons (Fsp3) is 0.462. The fourth-order valence-corrected chi connectivity index (χ4v) is 2.33. The number of rotatable bonds is 2. The minimum atomic E-state index is -0.285. The highest BCUT2D eigenvalue weighted by Crippen LogP contribution is 2.33. The van der Waals surface area contributed by atoms with Gasteiger partial charge in [0.15, 0.2) is 6.29 Å². The van der Waals surface area contributed by atoms with Crippen LogP contribution < -0.4 is 0 Å². The monoisotopic (exact) mass is 234 g/mol. The molecule has 1 aromatic rings. The van der Waals surface area contributed by atoms with Crippen molar-refractivity contribution in [1.82, 2.24) is 0 Å². The van der Waals surface area contributed by atoms with Crippen molar-refractivity contribution in [1.29, 1.82) is 0 Å². The molecule has 4 heteroatoms. The molecule has 0 bridgehead atoms. The molecule has 2 heterocycles. The van der Waals surface area contributed by atoms with Gasteiger partial charge in [0.1, 0.15) is 6.10 Å². The first-order valence-corrected chi connectivity index (χ1v) is 5.84. The largest absolute Gasteiger partial charge is 0.456 e. The number of hydrogen-bond donors (Lipinski definition) is 0. The second kappa shape index (κ2) is 4.47. The van der Waals surface area contributed by atoms with Gasteiger partial charge < -0.3 is 14.2 Å². The second-order valence-corrected chi connectivity index (χ2v) is 4.33. The molecular formula is C13H14O4. The molecule has 0 spiro atoms. The SMILES string of the molecule is O=C(O[C@@H]1CO[C@@H]2OCC[C@@H]21)c1ccccc1. The summed E-state index contributed by atoms with van der Waals surface area (Å²) in [7, 11) is 0. The first-order chi connectivity index (χ1) is 8.34. The average molecular weight is 234 g/mol. The van der Waals surface area contributed by atoms with Crippen LogP contribution in [0.5, 0.6) is 0 Å². The predicted octanol–water partition coefficient (Wildman–Crippen LogP) is 1.60. The van der Waals surface area contributed by atoms with E-state index in [0.29, 0.717) is 18.8 Å². The fourth-order valence-electron chi connectivity index (χ4n) is 2.33. The number of hydrogen-bond acceptors (Lipinski definition) is 4. The molecule has 0 amide bonds. The van der Waals surface area contributed by atoms with Crippen molar-refractivity contribution in [3.63, 3.8) is 0 Å². The van der Waals surface area contributed by atoms with Crippen LogP contribution in [0.15, 0.2) is 30.3 Å². The highest BCUT2D eigenvalue weighted by Gasteiger charge is 2.43. The Morgan fingerprint density at radius 3 is 2.88 bits per heavy atom. The zero-order chi connectivity index (χ0) is 11.7. The molecule has 0 aliphatic carbocycles. The molecule has 2 fully saturated rings. The van der Waals surface area contributed by atoms with E-state index in [1.165, 1.54) is 0 Å². The first kappa shape index (κ1) is 10.7. The smallest absolute Gasteiger partial charge is 0.338 e. The summed E-state index contributed by atoms with van der Waals surface area (Å²) in [4.78, 5) is 11.9. The lowest BCUT2D eigenvalue weighted by atomic mass is 10.0. The van der Waals surface area contributed by atoms with Crippen molar-refractivity contribution < 1.29 is 19.0 Å². The molecular weight excluding hydrogens is 220 g/mol. The lowest BCUT2D eigenvalue weighted by molar-refractivity contribution is -0.0907. The van der Waals surface area contributed by atoms with Crippen molar-refractivity contribution in [2.75, 3.05) is 13.2 Å². The van der Waals surface area contributed by atoms with Crippen molar-refractivity contribution in [3.8, 4) is 0 Å². The standard InChI is InChI=1S/C13H14O4/c14-12(9-4-2-1-3-5-9)17-11-8-16-13-10(11)6-7-15-13/h1-5,10-11,13H,6-8H2/t10-,11-,13+/m1/s1. The van der Waals surface area contributed by atoms with Gasteiger partial charge in [0.25, 0.3) is 0 Å². The average Bonchev–Trinajstić information content (AvgIpc) is 2.95. The molecule has 2 saturated heterocycles. The Balaban J connectivity index is 1.66. The van der Waals surface area contributed by atoms with Crippen LogP contribution in [0.2, 0.25) is 0 Å². The molecule has 0 N–H and O–H groups in total. The van der Waals surface area contributed by atoms with Gasteiger partial charge in [-0.3, -0.25) is 0 Å². The highest BCUT2D eigenvalue weighted by atomic mass is 16.7. The number of carbonyl (C=O) groups excluding carboxylic acids is 1. The van der Waals surface area contributed by atoms with E-state index < -0.39 is 0 Å². The summed E-state index contributed by atoms with van der Waals surface area (Å²) in [6, 6.07) is 9.02. The number of benzene rings is 1. The summed E-state index contributed by atoms with van der Waals surface area (Å²) < 4.78 is 16.3. The molecule has 0 aromatic heterocycles. The van der Waals surface area contributed by atoms with Crippen LogP contribution in [-0.2, 0) is 14.2 Å². The van der Waals surface area contributed by atoms with Crippen molar-refractivity contribution in [2.45, 2.75) is 18.8 Å². The van der Waals surface area contributed by atoms with Gasteiger partial charge in [-0.2, -0.15) is 0 Å². The van der Waals surface area contributed by atoms with Gasteiger partial charge in [0, 0.05) is 0 Å². The quantitative estimate of drug-likeness (QED) is 0.729. The summed E-state index contributed by atoms with van der Waals surface area (Å²) >= 11 is 0. The number of carbonyl (C=O) groups is 1. The molecule has 90 valence electrons. The molecule has 2 aliphatic rings. The van der Waals surface area contributed by atoms with Crippen LogP contribution in [0.25, 0.3) is 0 Å². The molecule has 0 unspecified atom stereocenters. The van der Waals surface area contributed by atoms with E-state index in [-0.39, 0.29) is 24.3 Å². The van der Waals surface area contributed by atoms with Crippen molar-refractivity contribution in [2.24, 2.45) is 5.92 Å². The van der Waals surface area contributed by atoms with E-state index in [1.54, 1.807) is 12.1 Å². The lowest BCUT2D eigenvalue weighted by Gasteiger charge is -2.15. The van der Waals surface area contributed by atoms with Gasteiger partial charge in [-0.1, -0.05) is 18.2 Å². The van der Waals surface area contributed by atoms with Crippen LogP contribution >= 0.6 is 0 Å². The van der Waals surface area contributed by atoms with Crippen molar-refractivity contribution >= 4 is 5.97 Å². The number of esters is 1. The zero-order valence-electron chi connectivity index (χ0n) is 9.37. The maximum Gasteiger partial charge on any atom is 0.338 e. The Hall–Kier alpha value is -1.39. The van der Waals surface area contributed by atoms with E-state index >= 15 is 0 Å². The third kappa shape index (κ3) is 2.06. The highest BCUT2D eigenvalue weighted by molar-refractivity contribution is 5.89. The predicted molar refractivity (Wildman–Crippen MR) is 59.4 cm³/mol. The van der Waals surface area contributed by atoms with Gasteiger partial charge in [-0.25, -0.2) is 4.79 Å². The van der Waals surface area contributed by atoms with E-state index in [4.69, 9.17) is 14.2 Å². The Morgan fingerprint density at radius 2 is 2.06 bits per heavy atom. The zero-order valence-corrected chi connectivity index (χ0v) is 9.37. The summed E-state index contributed by atoms with van der Waals surface area (Å²) in [5.41, 5.74) is 0.579. The van der Waals surface area contributed by atoms with Gasteiger partial charge in [0.2, 0.25) is 0 Å². The molecule has 0 saturated carbocycles. The number of fused-ring (bicyclic) bond motifs is 1. The van der Waals surface area contributed by atoms with Gasteiger partial charge in [-0.05, 0) is 18.6 Å². The Labute approximate surface area is 99.5 Å². The van der Waals surface area contributed by atoms with Crippen LogP contribution in [0.3, 0.4) is 0 Å². The summed E-state index contributed by atoms with van der Waals surface area (Å²) in [6.45, 7) is 1.13. The topological polar surface area (TPSA) is 44.8 Å². The van der Waals surface area contributed by atoms with Gasteiger partial charge in [-0.15, -0.1) is 0 Å². The molecule has 3 atom stereocenters. The van der Waals surface area contributed by atoms with E-state index in [1.807, 2.05) is 18.2 Å². The molecule has 1 aromatic carbocycles. The first-order valence-electron chi connectivity index (χ1n) is 5.84. The summed E-state index contributed by atoms with van der Waals surface area (Å²) in [6.07, 6.45) is 0.552. The third-order valence-corrected chi connectivity index (χ3v) is 3.25. The minimum absolute atomic E-state index is 0.171. The molecule has 17 heavy (non-hydrogen) atoms. The second-order valence-electron chi connectivity index (χ2n) is 4.33. The molecule has 4 nitrogen and oxygen atoms in total. The summed E-state index contributed by atoms with van der Waals surface area (Å²) in [5, 5.41) is 0. The normalized spacial score (nSPS) is 31.2. The summed E-state index contributed by atoms with van der Waals surface area (Å²) in [5.74, 6) is -0.0885. The van der Waals surface area contributed by atoms with Gasteiger partial charge in [0.05, 0.1) is 24.7 Å². The number of ether oxygens (including phenoxy) is 3. The van der Waals surface area contributed by atoms with E-state index in [9.17, 15) is 4.79 Å². The van der Waals surface area contributed by atoms with Gasteiger partial charge >= 0.3 is 5.97 Å². The third-order valence-electron chi connectivity index (χ3n) is 3.25. The maximum atomic E-state index is 11.9. The molecule has 3 rings (SSSR count). The lowest BCUT2D eigenvalue weighted by Crippen LogP contribution is -2.26. The van der Waals surface area contributed by atoms with E-state index in [2.05, 4.69) is 0 Å². The van der Waals surface area contributed by atoms with Crippen LogP contribution in [-0.4, -0.2) is 31.6 Å². The Morgan fingerprint density at radius 1 is 1.24 bits per heavy atom.